The summed E-state index contributed by atoms with van der Waals surface area (Å²) in [5.41, 5.74) is 0.324. The van der Waals surface area contributed by atoms with Crippen LogP contribution < -0.4 is 0 Å². The van der Waals surface area contributed by atoms with Crippen molar-refractivity contribution < 1.29 is 4.39 Å². The van der Waals surface area contributed by atoms with Crippen LogP contribution in [-0.2, 0) is 0 Å². The molecular formula is C7H3FINS. The molecule has 0 heterocycles. The number of rotatable bonds is 0. The van der Waals surface area contributed by atoms with Crippen LogP contribution in [0.15, 0.2) is 17.0 Å². The predicted molar refractivity (Wildman–Crippen MR) is 51.1 cm³/mol. The maximum absolute atomic E-state index is 12.8. The third-order valence-electron chi connectivity index (χ3n) is 1.15. The summed E-state index contributed by atoms with van der Waals surface area (Å²) >= 11 is 5.84. The predicted octanol–water partition coefficient (Wildman–Crippen LogP) is 2.59. The highest BCUT2D eigenvalue weighted by Crippen LogP contribution is 2.21. The molecule has 0 fully saturated rings. The molecule has 1 rings (SSSR count). The van der Waals surface area contributed by atoms with Crippen LogP contribution in [0.5, 0.6) is 0 Å². The van der Waals surface area contributed by atoms with Crippen molar-refractivity contribution >= 4 is 35.2 Å². The van der Waals surface area contributed by atoms with E-state index in [1.165, 1.54) is 6.07 Å². The summed E-state index contributed by atoms with van der Waals surface area (Å²) in [5.74, 6) is -0.447. The molecule has 0 N–H and O–H groups in total. The van der Waals surface area contributed by atoms with Gasteiger partial charge in [-0.25, -0.2) is 4.39 Å². The summed E-state index contributed by atoms with van der Waals surface area (Å²) in [6, 6.07) is 4.62. The Bertz CT molecular complexity index is 309. The molecule has 0 radical (unpaired) electrons. The van der Waals surface area contributed by atoms with Gasteiger partial charge >= 0.3 is 0 Å². The van der Waals surface area contributed by atoms with Gasteiger partial charge in [-0.05, 0) is 34.7 Å². The summed E-state index contributed by atoms with van der Waals surface area (Å²) in [6.07, 6.45) is 0. The fourth-order valence-electron chi connectivity index (χ4n) is 0.630. The Morgan fingerprint density at radius 3 is 2.64 bits per heavy atom. The van der Waals surface area contributed by atoms with Gasteiger partial charge < -0.3 is 0 Å². The van der Waals surface area contributed by atoms with Crippen LogP contribution in [0.4, 0.5) is 4.39 Å². The molecule has 0 aromatic heterocycles. The number of thiol groups is 1. The summed E-state index contributed by atoms with van der Waals surface area (Å²) in [5, 5.41) is 8.43. The Hall–Kier alpha value is -0.280. The van der Waals surface area contributed by atoms with Gasteiger partial charge in [-0.3, -0.25) is 0 Å². The molecule has 1 aromatic carbocycles. The van der Waals surface area contributed by atoms with E-state index in [1.54, 1.807) is 6.07 Å². The first kappa shape index (κ1) is 8.81. The van der Waals surface area contributed by atoms with Gasteiger partial charge in [0.15, 0.2) is 0 Å². The lowest BCUT2D eigenvalue weighted by atomic mass is 10.2. The molecule has 0 bridgehead atoms. The van der Waals surface area contributed by atoms with Crippen LogP contribution in [-0.4, -0.2) is 0 Å². The highest BCUT2D eigenvalue weighted by atomic mass is 127. The van der Waals surface area contributed by atoms with E-state index in [2.05, 4.69) is 12.6 Å². The Morgan fingerprint density at radius 1 is 1.55 bits per heavy atom. The quantitative estimate of drug-likeness (QED) is 0.572. The molecule has 0 amide bonds. The minimum atomic E-state index is -0.447. The second-order valence-corrected chi connectivity index (χ2v) is 3.51. The van der Waals surface area contributed by atoms with Gasteiger partial charge in [0.2, 0.25) is 0 Å². The SMILES string of the molecule is N#Cc1cc(F)c(S)c(I)c1. The Morgan fingerprint density at radius 2 is 2.18 bits per heavy atom. The largest absolute Gasteiger partial charge is 0.206 e. The molecule has 11 heavy (non-hydrogen) atoms. The van der Waals surface area contributed by atoms with E-state index in [0.29, 0.717) is 14.0 Å². The van der Waals surface area contributed by atoms with Crippen molar-refractivity contribution in [3.8, 4) is 6.07 Å². The first-order chi connectivity index (χ1) is 5.15. The van der Waals surface area contributed by atoms with Gasteiger partial charge in [-0.15, -0.1) is 12.6 Å². The van der Waals surface area contributed by atoms with Gasteiger partial charge in [0.1, 0.15) is 5.82 Å². The van der Waals surface area contributed by atoms with Gasteiger partial charge in [-0.1, -0.05) is 0 Å². The van der Waals surface area contributed by atoms with Gasteiger partial charge in [0, 0.05) is 3.57 Å². The summed E-state index contributed by atoms with van der Waals surface area (Å²) < 4.78 is 13.4. The molecule has 0 aliphatic heterocycles. The van der Waals surface area contributed by atoms with E-state index in [4.69, 9.17) is 5.26 Å². The van der Waals surface area contributed by atoms with Crippen molar-refractivity contribution in [1.29, 1.82) is 5.26 Å². The molecule has 1 aromatic rings. The third kappa shape index (κ3) is 1.84. The highest BCUT2D eigenvalue weighted by molar-refractivity contribution is 14.1. The maximum atomic E-state index is 12.8. The van der Waals surface area contributed by atoms with Crippen molar-refractivity contribution in [2.75, 3.05) is 0 Å². The lowest BCUT2D eigenvalue weighted by Gasteiger charge is -1.98. The summed E-state index contributed by atoms with van der Waals surface area (Å²) in [4.78, 5) is 0.296. The number of halogens is 2. The van der Waals surface area contributed by atoms with Crippen LogP contribution in [0.3, 0.4) is 0 Å². The zero-order valence-corrected chi connectivity index (χ0v) is 8.36. The van der Waals surface area contributed by atoms with Gasteiger partial charge in [-0.2, -0.15) is 5.26 Å². The second kappa shape index (κ2) is 3.41. The monoisotopic (exact) mass is 279 g/mol. The van der Waals surface area contributed by atoms with E-state index >= 15 is 0 Å². The molecule has 1 nitrogen and oxygen atoms in total. The van der Waals surface area contributed by atoms with E-state index < -0.39 is 5.82 Å². The maximum Gasteiger partial charge on any atom is 0.138 e. The molecule has 56 valence electrons. The standard InChI is InChI=1S/C7H3FINS/c8-5-1-4(3-10)2-6(9)7(5)11/h1-2,11H. The van der Waals surface area contributed by atoms with Crippen LogP contribution in [0.1, 0.15) is 5.56 Å². The average Bonchev–Trinajstić information content (AvgIpc) is 1.99. The Kier molecular flexibility index (Phi) is 2.73. The molecule has 0 saturated heterocycles. The molecular weight excluding hydrogens is 276 g/mol. The fraction of sp³-hybridized carbons (Fsp3) is 0. The van der Waals surface area contributed by atoms with Crippen molar-refractivity contribution in [3.63, 3.8) is 0 Å². The molecule has 0 unspecified atom stereocenters. The third-order valence-corrected chi connectivity index (χ3v) is 2.88. The van der Waals surface area contributed by atoms with Crippen molar-refractivity contribution in [2.45, 2.75) is 4.90 Å². The average molecular weight is 279 g/mol. The zero-order chi connectivity index (χ0) is 8.43. The van der Waals surface area contributed by atoms with E-state index in [-0.39, 0.29) is 0 Å². The molecule has 4 heteroatoms. The van der Waals surface area contributed by atoms with Crippen LogP contribution in [0.2, 0.25) is 0 Å². The van der Waals surface area contributed by atoms with E-state index in [0.717, 1.165) is 0 Å². The number of benzene rings is 1. The lowest BCUT2D eigenvalue weighted by Crippen LogP contribution is -1.85. The number of hydrogen-bond donors (Lipinski definition) is 1. The van der Waals surface area contributed by atoms with Crippen LogP contribution >= 0.6 is 35.2 Å². The Balaban J connectivity index is 3.35. The van der Waals surface area contributed by atoms with Crippen molar-refractivity contribution in [3.05, 3.63) is 27.1 Å². The van der Waals surface area contributed by atoms with Crippen molar-refractivity contribution in [1.82, 2.24) is 0 Å². The smallest absolute Gasteiger partial charge is 0.138 e. The molecule has 0 aliphatic rings. The first-order valence-corrected chi connectivity index (χ1v) is 4.26. The van der Waals surface area contributed by atoms with Crippen LogP contribution in [0.25, 0.3) is 0 Å². The van der Waals surface area contributed by atoms with Crippen molar-refractivity contribution in [2.24, 2.45) is 0 Å². The molecule has 0 aliphatic carbocycles. The number of nitrogens with zero attached hydrogens (tertiary/aromatic N) is 1. The topological polar surface area (TPSA) is 23.8 Å². The molecule has 0 saturated carbocycles. The highest BCUT2D eigenvalue weighted by Gasteiger charge is 2.04. The second-order valence-electron chi connectivity index (χ2n) is 1.90. The Labute approximate surface area is 82.8 Å². The number of hydrogen-bond acceptors (Lipinski definition) is 2. The normalized spacial score (nSPS) is 9.27. The minimum Gasteiger partial charge on any atom is -0.206 e. The van der Waals surface area contributed by atoms with Crippen LogP contribution in [0, 0.1) is 20.7 Å². The zero-order valence-electron chi connectivity index (χ0n) is 5.31. The first-order valence-electron chi connectivity index (χ1n) is 2.73. The van der Waals surface area contributed by atoms with E-state index in [1.807, 2.05) is 28.7 Å². The number of nitriles is 1. The fourth-order valence-corrected chi connectivity index (χ4v) is 1.35. The molecule has 0 atom stereocenters. The minimum absolute atomic E-state index is 0.296. The molecule has 0 spiro atoms. The van der Waals surface area contributed by atoms with Gasteiger partial charge in [0.05, 0.1) is 16.5 Å². The summed E-state index contributed by atoms with van der Waals surface area (Å²) in [7, 11) is 0. The van der Waals surface area contributed by atoms with Gasteiger partial charge in [0.25, 0.3) is 0 Å². The van der Waals surface area contributed by atoms with E-state index in [9.17, 15) is 4.39 Å². The summed E-state index contributed by atoms with van der Waals surface area (Å²) in [6.45, 7) is 0. The lowest BCUT2D eigenvalue weighted by molar-refractivity contribution is 0.600.